The Balaban J connectivity index is 1.93. The number of para-hydroxylation sites is 1. The molecule has 0 radical (unpaired) electrons. The Morgan fingerprint density at radius 2 is 1.86 bits per heavy atom. The predicted molar refractivity (Wildman–Crippen MR) is 81.1 cm³/mol. The molecule has 0 amide bonds. The summed E-state index contributed by atoms with van der Waals surface area (Å²) in [5.41, 5.74) is 8.35. The average Bonchev–Trinajstić information content (AvgIpc) is 2.54. The van der Waals surface area contributed by atoms with Crippen molar-refractivity contribution in [3.8, 4) is 17.2 Å². The van der Waals surface area contributed by atoms with E-state index in [1.54, 1.807) is 0 Å². The summed E-state index contributed by atoms with van der Waals surface area (Å²) in [7, 11) is 0. The van der Waals surface area contributed by atoms with Crippen molar-refractivity contribution in [2.75, 3.05) is 19.8 Å². The molecular formula is C17H19NO3. The summed E-state index contributed by atoms with van der Waals surface area (Å²) in [6.45, 7) is 3.74. The van der Waals surface area contributed by atoms with E-state index in [4.69, 9.17) is 19.9 Å². The van der Waals surface area contributed by atoms with Crippen LogP contribution in [0.2, 0.25) is 0 Å². The number of nitrogens with two attached hydrogens (primary N) is 1. The smallest absolute Gasteiger partial charge is 0.161 e. The zero-order chi connectivity index (χ0) is 14.7. The standard InChI is InChI=1S/C17H19NO3/c1-2-19-14-6-4-3-5-13(14)17(18)12-7-8-15-16(11-12)21-10-9-20-15/h3-8,11,17H,2,9-10,18H2,1H3. The highest BCUT2D eigenvalue weighted by Crippen LogP contribution is 2.35. The Labute approximate surface area is 124 Å². The Bertz CT molecular complexity index is 627. The summed E-state index contributed by atoms with van der Waals surface area (Å²) < 4.78 is 16.8. The lowest BCUT2D eigenvalue weighted by Crippen LogP contribution is -2.17. The van der Waals surface area contributed by atoms with Crippen LogP contribution < -0.4 is 19.9 Å². The molecule has 0 fully saturated rings. The van der Waals surface area contributed by atoms with E-state index in [1.807, 2.05) is 49.4 Å². The third kappa shape index (κ3) is 2.81. The van der Waals surface area contributed by atoms with Crippen LogP contribution in [0.4, 0.5) is 0 Å². The van der Waals surface area contributed by atoms with Gasteiger partial charge in [0.1, 0.15) is 19.0 Å². The molecular weight excluding hydrogens is 266 g/mol. The third-order valence-electron chi connectivity index (χ3n) is 3.48. The fraction of sp³-hybridized carbons (Fsp3) is 0.294. The molecule has 0 aromatic heterocycles. The van der Waals surface area contributed by atoms with Gasteiger partial charge in [0.05, 0.1) is 12.6 Å². The summed E-state index contributed by atoms with van der Waals surface area (Å²) in [6, 6.07) is 13.4. The van der Waals surface area contributed by atoms with E-state index >= 15 is 0 Å². The van der Waals surface area contributed by atoms with Gasteiger partial charge in [-0.2, -0.15) is 0 Å². The first-order chi connectivity index (χ1) is 10.3. The van der Waals surface area contributed by atoms with Crippen LogP contribution in [0, 0.1) is 0 Å². The lowest BCUT2D eigenvalue weighted by Gasteiger charge is -2.21. The van der Waals surface area contributed by atoms with E-state index in [-0.39, 0.29) is 6.04 Å². The van der Waals surface area contributed by atoms with Crippen LogP contribution in [0.3, 0.4) is 0 Å². The SMILES string of the molecule is CCOc1ccccc1C(N)c1ccc2c(c1)OCCO2. The van der Waals surface area contributed by atoms with Crippen molar-refractivity contribution in [3.63, 3.8) is 0 Å². The number of fused-ring (bicyclic) bond motifs is 1. The lowest BCUT2D eigenvalue weighted by molar-refractivity contribution is 0.171. The van der Waals surface area contributed by atoms with Gasteiger partial charge in [0.15, 0.2) is 11.5 Å². The first kappa shape index (κ1) is 13.8. The molecule has 4 heteroatoms. The largest absolute Gasteiger partial charge is 0.494 e. The summed E-state index contributed by atoms with van der Waals surface area (Å²) in [6.07, 6.45) is 0. The van der Waals surface area contributed by atoms with Gasteiger partial charge in [-0.1, -0.05) is 24.3 Å². The Kier molecular flexibility index (Phi) is 3.97. The third-order valence-corrected chi connectivity index (χ3v) is 3.48. The highest BCUT2D eigenvalue weighted by Gasteiger charge is 2.18. The number of rotatable bonds is 4. The second-order valence-corrected chi connectivity index (χ2v) is 4.85. The van der Waals surface area contributed by atoms with Crippen LogP contribution in [0.25, 0.3) is 0 Å². The predicted octanol–water partition coefficient (Wildman–Crippen LogP) is 2.90. The normalized spacial score (nSPS) is 14.6. The van der Waals surface area contributed by atoms with Gasteiger partial charge in [0, 0.05) is 5.56 Å². The van der Waals surface area contributed by atoms with E-state index in [0.29, 0.717) is 19.8 Å². The maximum atomic E-state index is 6.40. The number of ether oxygens (including phenoxy) is 3. The minimum absolute atomic E-state index is 0.261. The lowest BCUT2D eigenvalue weighted by atomic mass is 9.98. The van der Waals surface area contributed by atoms with Gasteiger partial charge >= 0.3 is 0 Å². The van der Waals surface area contributed by atoms with Crippen molar-refractivity contribution < 1.29 is 14.2 Å². The van der Waals surface area contributed by atoms with E-state index in [9.17, 15) is 0 Å². The summed E-state index contributed by atoms with van der Waals surface area (Å²) >= 11 is 0. The monoisotopic (exact) mass is 285 g/mol. The molecule has 1 unspecified atom stereocenters. The maximum absolute atomic E-state index is 6.40. The van der Waals surface area contributed by atoms with E-state index < -0.39 is 0 Å². The molecule has 0 bridgehead atoms. The van der Waals surface area contributed by atoms with Crippen LogP contribution in [-0.4, -0.2) is 19.8 Å². The fourth-order valence-electron chi connectivity index (χ4n) is 2.46. The van der Waals surface area contributed by atoms with Crippen LogP contribution in [0.5, 0.6) is 17.2 Å². The van der Waals surface area contributed by atoms with Crippen molar-refractivity contribution >= 4 is 0 Å². The Morgan fingerprint density at radius 3 is 2.67 bits per heavy atom. The highest BCUT2D eigenvalue weighted by molar-refractivity contribution is 5.48. The molecule has 0 aliphatic carbocycles. The second-order valence-electron chi connectivity index (χ2n) is 4.85. The molecule has 1 atom stereocenters. The summed E-state index contributed by atoms with van der Waals surface area (Å²) in [5.74, 6) is 2.35. The maximum Gasteiger partial charge on any atom is 0.161 e. The zero-order valence-electron chi connectivity index (χ0n) is 12.0. The molecule has 1 heterocycles. The summed E-state index contributed by atoms with van der Waals surface area (Å²) in [5, 5.41) is 0. The van der Waals surface area contributed by atoms with Crippen LogP contribution in [-0.2, 0) is 0 Å². The molecule has 0 saturated heterocycles. The number of hydrogen-bond donors (Lipinski definition) is 1. The van der Waals surface area contributed by atoms with Crippen LogP contribution in [0.1, 0.15) is 24.1 Å². The second kappa shape index (κ2) is 6.06. The van der Waals surface area contributed by atoms with Gasteiger partial charge in [-0.05, 0) is 30.7 Å². The highest BCUT2D eigenvalue weighted by atomic mass is 16.6. The average molecular weight is 285 g/mol. The quantitative estimate of drug-likeness (QED) is 0.938. The first-order valence-corrected chi connectivity index (χ1v) is 7.16. The first-order valence-electron chi connectivity index (χ1n) is 7.16. The van der Waals surface area contributed by atoms with E-state index in [2.05, 4.69) is 0 Å². The number of hydrogen-bond acceptors (Lipinski definition) is 4. The van der Waals surface area contributed by atoms with Crippen molar-refractivity contribution in [1.82, 2.24) is 0 Å². The summed E-state index contributed by atoms with van der Waals surface area (Å²) in [4.78, 5) is 0. The minimum Gasteiger partial charge on any atom is -0.494 e. The van der Waals surface area contributed by atoms with Gasteiger partial charge in [-0.15, -0.1) is 0 Å². The molecule has 0 saturated carbocycles. The van der Waals surface area contributed by atoms with Gasteiger partial charge in [0.2, 0.25) is 0 Å². The van der Waals surface area contributed by atoms with Crippen molar-refractivity contribution in [1.29, 1.82) is 0 Å². The topological polar surface area (TPSA) is 53.7 Å². The van der Waals surface area contributed by atoms with Crippen molar-refractivity contribution in [3.05, 3.63) is 53.6 Å². The minimum atomic E-state index is -0.261. The van der Waals surface area contributed by atoms with E-state index in [1.165, 1.54) is 0 Å². The van der Waals surface area contributed by atoms with Crippen molar-refractivity contribution in [2.24, 2.45) is 5.73 Å². The van der Waals surface area contributed by atoms with E-state index in [0.717, 1.165) is 28.4 Å². The molecule has 2 aromatic rings. The van der Waals surface area contributed by atoms with Crippen molar-refractivity contribution in [2.45, 2.75) is 13.0 Å². The molecule has 1 aliphatic rings. The molecule has 2 aromatic carbocycles. The van der Waals surface area contributed by atoms with Gasteiger partial charge in [0.25, 0.3) is 0 Å². The van der Waals surface area contributed by atoms with Gasteiger partial charge in [-0.3, -0.25) is 0 Å². The van der Waals surface area contributed by atoms with Crippen LogP contribution in [0.15, 0.2) is 42.5 Å². The van der Waals surface area contributed by atoms with Crippen LogP contribution >= 0.6 is 0 Å². The van der Waals surface area contributed by atoms with Gasteiger partial charge in [-0.25, -0.2) is 0 Å². The fourth-order valence-corrected chi connectivity index (χ4v) is 2.46. The number of benzene rings is 2. The molecule has 0 spiro atoms. The molecule has 110 valence electrons. The molecule has 1 aliphatic heterocycles. The molecule has 21 heavy (non-hydrogen) atoms. The zero-order valence-corrected chi connectivity index (χ0v) is 12.0. The molecule has 2 N–H and O–H groups in total. The molecule has 3 rings (SSSR count). The Morgan fingerprint density at radius 1 is 1.10 bits per heavy atom. The molecule has 4 nitrogen and oxygen atoms in total. The Hall–Kier alpha value is -2.20. The van der Waals surface area contributed by atoms with Gasteiger partial charge < -0.3 is 19.9 Å².